The lowest BCUT2D eigenvalue weighted by molar-refractivity contribution is 0.419. The molecule has 0 saturated carbocycles. The van der Waals surface area contributed by atoms with Crippen LogP contribution in [0.4, 0.5) is 5.95 Å². The molecule has 1 atom stereocenters. The van der Waals surface area contributed by atoms with E-state index in [1.54, 1.807) is 0 Å². The Labute approximate surface area is 129 Å². The Balaban J connectivity index is 1.51. The van der Waals surface area contributed by atoms with Gasteiger partial charge in [0.1, 0.15) is 5.82 Å². The van der Waals surface area contributed by atoms with Crippen molar-refractivity contribution in [1.29, 1.82) is 0 Å². The third-order valence-electron chi connectivity index (χ3n) is 4.07. The first kappa shape index (κ1) is 14.5. The van der Waals surface area contributed by atoms with Crippen molar-refractivity contribution in [1.82, 2.24) is 15.2 Å². The number of rotatable bonds is 6. The van der Waals surface area contributed by atoms with E-state index in [-0.39, 0.29) is 0 Å². The summed E-state index contributed by atoms with van der Waals surface area (Å²) >= 11 is 1.82. The van der Waals surface area contributed by atoms with Gasteiger partial charge in [-0.2, -0.15) is 4.98 Å². The normalized spacial score (nSPS) is 19.1. The van der Waals surface area contributed by atoms with Gasteiger partial charge in [0.2, 0.25) is 5.95 Å². The van der Waals surface area contributed by atoms with Gasteiger partial charge >= 0.3 is 0 Å². The van der Waals surface area contributed by atoms with Gasteiger partial charge in [0, 0.05) is 24.4 Å². The predicted octanol–water partition coefficient (Wildman–Crippen LogP) is 2.22. The molecule has 114 valence electrons. The van der Waals surface area contributed by atoms with E-state index in [0.717, 1.165) is 50.7 Å². The number of H-pyrrole nitrogens is 1. The van der Waals surface area contributed by atoms with Crippen LogP contribution in [0.25, 0.3) is 0 Å². The molecule has 2 aromatic rings. The zero-order valence-corrected chi connectivity index (χ0v) is 13.1. The van der Waals surface area contributed by atoms with E-state index in [4.69, 9.17) is 5.73 Å². The Hall–Kier alpha value is -1.40. The summed E-state index contributed by atoms with van der Waals surface area (Å²) in [4.78, 5) is 8.35. The van der Waals surface area contributed by atoms with E-state index in [9.17, 15) is 0 Å². The topological polar surface area (TPSA) is 70.8 Å². The lowest BCUT2D eigenvalue weighted by Gasteiger charge is -2.31. The number of hydrogen-bond donors (Lipinski definition) is 2. The number of aromatic nitrogens is 3. The average Bonchev–Trinajstić information content (AvgIpc) is 3.19. The second-order valence-corrected chi connectivity index (χ2v) is 6.74. The molecule has 1 aliphatic rings. The van der Waals surface area contributed by atoms with E-state index in [1.807, 2.05) is 11.3 Å². The van der Waals surface area contributed by atoms with Crippen LogP contribution in [-0.2, 0) is 12.8 Å². The Morgan fingerprint density at radius 1 is 1.43 bits per heavy atom. The quantitative estimate of drug-likeness (QED) is 0.858. The third-order valence-corrected chi connectivity index (χ3v) is 5.01. The average molecular weight is 305 g/mol. The summed E-state index contributed by atoms with van der Waals surface area (Å²) in [6, 6.07) is 4.30. The SMILES string of the molecule is NCC1CCCN(c2n[nH]c(CCCc3cccs3)n2)C1. The summed E-state index contributed by atoms with van der Waals surface area (Å²) in [6.45, 7) is 2.79. The smallest absolute Gasteiger partial charge is 0.244 e. The maximum atomic E-state index is 5.79. The van der Waals surface area contributed by atoms with Crippen LogP contribution in [-0.4, -0.2) is 34.8 Å². The number of nitrogens with zero attached hydrogens (tertiary/aromatic N) is 3. The summed E-state index contributed by atoms with van der Waals surface area (Å²) in [7, 11) is 0. The van der Waals surface area contributed by atoms with Gasteiger partial charge in [-0.15, -0.1) is 16.4 Å². The first-order valence-corrected chi connectivity index (χ1v) is 8.62. The number of aryl methyl sites for hydroxylation is 2. The zero-order chi connectivity index (χ0) is 14.5. The summed E-state index contributed by atoms with van der Waals surface area (Å²) < 4.78 is 0. The van der Waals surface area contributed by atoms with Gasteiger partial charge < -0.3 is 10.6 Å². The van der Waals surface area contributed by atoms with Gasteiger partial charge in [-0.1, -0.05) is 6.07 Å². The highest BCUT2D eigenvalue weighted by atomic mass is 32.1. The van der Waals surface area contributed by atoms with Crippen LogP contribution >= 0.6 is 11.3 Å². The first-order valence-electron chi connectivity index (χ1n) is 7.74. The monoisotopic (exact) mass is 305 g/mol. The van der Waals surface area contributed by atoms with Crippen LogP contribution in [0.2, 0.25) is 0 Å². The fraction of sp³-hybridized carbons (Fsp3) is 0.600. The maximum Gasteiger partial charge on any atom is 0.244 e. The molecule has 1 aliphatic heterocycles. The van der Waals surface area contributed by atoms with Crippen molar-refractivity contribution >= 4 is 17.3 Å². The number of thiophene rings is 1. The summed E-state index contributed by atoms with van der Waals surface area (Å²) in [5.41, 5.74) is 5.79. The molecule has 0 spiro atoms. The van der Waals surface area contributed by atoms with Gasteiger partial charge in [0.25, 0.3) is 0 Å². The number of piperidine rings is 1. The summed E-state index contributed by atoms with van der Waals surface area (Å²) in [5, 5.41) is 9.59. The van der Waals surface area contributed by atoms with E-state index in [0.29, 0.717) is 5.92 Å². The van der Waals surface area contributed by atoms with Crippen molar-refractivity contribution in [2.75, 3.05) is 24.5 Å². The minimum atomic E-state index is 0.583. The molecule has 2 aromatic heterocycles. The van der Waals surface area contributed by atoms with Gasteiger partial charge in [0.15, 0.2) is 0 Å². The number of nitrogens with two attached hydrogens (primary N) is 1. The molecule has 5 nitrogen and oxygen atoms in total. The largest absolute Gasteiger partial charge is 0.339 e. The molecule has 1 saturated heterocycles. The number of aromatic amines is 1. The molecule has 3 heterocycles. The summed E-state index contributed by atoms with van der Waals surface area (Å²) in [6.07, 6.45) is 5.60. The highest BCUT2D eigenvalue weighted by Gasteiger charge is 2.21. The Kier molecular flexibility index (Phi) is 4.87. The first-order chi connectivity index (χ1) is 10.3. The fourth-order valence-electron chi connectivity index (χ4n) is 2.86. The van der Waals surface area contributed by atoms with E-state index < -0.39 is 0 Å². The zero-order valence-electron chi connectivity index (χ0n) is 12.3. The van der Waals surface area contributed by atoms with Crippen molar-refractivity contribution in [3.8, 4) is 0 Å². The lowest BCUT2D eigenvalue weighted by Crippen LogP contribution is -2.39. The van der Waals surface area contributed by atoms with Crippen molar-refractivity contribution < 1.29 is 0 Å². The Morgan fingerprint density at radius 2 is 2.38 bits per heavy atom. The van der Waals surface area contributed by atoms with Gasteiger partial charge in [-0.25, -0.2) is 0 Å². The van der Waals surface area contributed by atoms with Crippen LogP contribution in [0, 0.1) is 5.92 Å². The Morgan fingerprint density at radius 3 is 3.19 bits per heavy atom. The van der Waals surface area contributed by atoms with Crippen LogP contribution in [0.15, 0.2) is 17.5 Å². The molecule has 21 heavy (non-hydrogen) atoms. The molecule has 1 fully saturated rings. The van der Waals surface area contributed by atoms with Crippen molar-refractivity contribution in [2.24, 2.45) is 11.7 Å². The van der Waals surface area contributed by atoms with E-state index in [1.165, 1.54) is 17.7 Å². The van der Waals surface area contributed by atoms with Gasteiger partial charge in [-0.3, -0.25) is 5.10 Å². The molecule has 0 bridgehead atoms. The van der Waals surface area contributed by atoms with Gasteiger partial charge in [0.05, 0.1) is 0 Å². The lowest BCUT2D eigenvalue weighted by atomic mass is 9.99. The molecule has 3 rings (SSSR count). The highest BCUT2D eigenvalue weighted by molar-refractivity contribution is 7.09. The number of hydrogen-bond acceptors (Lipinski definition) is 5. The molecule has 0 amide bonds. The van der Waals surface area contributed by atoms with E-state index >= 15 is 0 Å². The second kappa shape index (κ2) is 7.04. The number of nitrogens with one attached hydrogen (secondary N) is 1. The third kappa shape index (κ3) is 3.83. The Bertz CT molecular complexity index is 536. The standard InChI is InChI=1S/C15H23N5S/c16-10-12-4-2-8-20(11-12)15-17-14(18-19-15)7-1-5-13-6-3-9-21-13/h3,6,9,12H,1-2,4-5,7-8,10-11,16H2,(H,17,18,19). The van der Waals surface area contributed by atoms with Crippen LogP contribution in [0.5, 0.6) is 0 Å². The van der Waals surface area contributed by atoms with Gasteiger partial charge in [-0.05, 0) is 49.6 Å². The maximum absolute atomic E-state index is 5.79. The molecule has 0 radical (unpaired) electrons. The minimum absolute atomic E-state index is 0.583. The molecule has 6 heteroatoms. The predicted molar refractivity (Wildman–Crippen MR) is 86.7 cm³/mol. The highest BCUT2D eigenvalue weighted by Crippen LogP contribution is 2.20. The van der Waals surface area contributed by atoms with Crippen molar-refractivity contribution in [3.63, 3.8) is 0 Å². The van der Waals surface area contributed by atoms with Crippen molar-refractivity contribution in [3.05, 3.63) is 28.2 Å². The molecular weight excluding hydrogens is 282 g/mol. The van der Waals surface area contributed by atoms with Crippen LogP contribution < -0.4 is 10.6 Å². The molecule has 1 unspecified atom stereocenters. The number of anilines is 1. The molecule has 0 aliphatic carbocycles. The van der Waals surface area contributed by atoms with Crippen LogP contribution in [0.1, 0.15) is 30.0 Å². The molecular formula is C15H23N5S. The second-order valence-electron chi connectivity index (χ2n) is 5.70. The molecule has 0 aromatic carbocycles. The summed E-state index contributed by atoms with van der Waals surface area (Å²) in [5.74, 6) is 2.43. The fourth-order valence-corrected chi connectivity index (χ4v) is 3.61. The van der Waals surface area contributed by atoms with Crippen molar-refractivity contribution in [2.45, 2.75) is 32.1 Å². The molecule has 3 N–H and O–H groups in total. The van der Waals surface area contributed by atoms with E-state index in [2.05, 4.69) is 37.6 Å². The minimum Gasteiger partial charge on any atom is -0.339 e. The van der Waals surface area contributed by atoms with Crippen LogP contribution in [0.3, 0.4) is 0 Å².